The number of isocyanates is 1. The van der Waals surface area contributed by atoms with Crippen molar-refractivity contribution in [2.24, 2.45) is 4.99 Å². The highest BCUT2D eigenvalue weighted by Gasteiger charge is 2.25. The Bertz CT molecular complexity index is 452. The molecule has 0 aromatic heterocycles. The summed E-state index contributed by atoms with van der Waals surface area (Å²) in [6.45, 7) is 3.15. The molecule has 0 aliphatic rings. The molecule has 16 heavy (non-hydrogen) atoms. The van der Waals surface area contributed by atoms with Crippen LogP contribution in [0.25, 0.3) is 0 Å². The first-order valence-electron chi connectivity index (χ1n) is 4.55. The van der Waals surface area contributed by atoms with Gasteiger partial charge in [-0.1, -0.05) is 0 Å². The van der Waals surface area contributed by atoms with E-state index in [0.717, 1.165) is 12.1 Å². The van der Waals surface area contributed by atoms with Crippen LogP contribution >= 0.6 is 0 Å². The lowest BCUT2D eigenvalue weighted by Gasteiger charge is -2.21. The minimum atomic E-state index is -1.01. The summed E-state index contributed by atoms with van der Waals surface area (Å²) in [5.41, 5.74) is -0.723. The van der Waals surface area contributed by atoms with Gasteiger partial charge in [-0.2, -0.15) is 4.99 Å². The Morgan fingerprint density at radius 3 is 2.38 bits per heavy atom. The van der Waals surface area contributed by atoms with Gasteiger partial charge in [0.2, 0.25) is 6.08 Å². The van der Waals surface area contributed by atoms with Crippen LogP contribution in [-0.4, -0.2) is 13.2 Å². The van der Waals surface area contributed by atoms with Gasteiger partial charge < -0.3 is 4.74 Å². The number of hydrogen-bond donors (Lipinski definition) is 0. The minimum Gasteiger partial charge on any atom is -0.496 e. The molecule has 0 aliphatic carbocycles. The van der Waals surface area contributed by atoms with Gasteiger partial charge in [0.15, 0.2) is 11.6 Å². The molecule has 0 radical (unpaired) electrons. The number of rotatable bonds is 3. The number of aliphatic imine (C=N–C) groups is 1. The fourth-order valence-electron chi connectivity index (χ4n) is 1.35. The van der Waals surface area contributed by atoms with Crippen molar-refractivity contribution in [3.8, 4) is 5.75 Å². The summed E-state index contributed by atoms with van der Waals surface area (Å²) in [4.78, 5) is 13.8. The molecule has 86 valence electrons. The number of nitrogens with zero attached hydrogens (tertiary/aromatic N) is 1. The average molecular weight is 227 g/mol. The molecule has 1 rings (SSSR count). The minimum absolute atomic E-state index is 0.142. The molecule has 0 amide bonds. The van der Waals surface area contributed by atoms with Crippen molar-refractivity contribution in [3.63, 3.8) is 0 Å². The summed E-state index contributed by atoms with van der Waals surface area (Å²) in [5, 5.41) is 0. The van der Waals surface area contributed by atoms with E-state index in [2.05, 4.69) is 4.99 Å². The molecule has 0 saturated heterocycles. The third-order valence-corrected chi connectivity index (χ3v) is 2.23. The SMILES string of the molecule is COc1cc(F)c(F)cc1C(C)(C)N=C=O. The zero-order valence-corrected chi connectivity index (χ0v) is 9.17. The Hall–Kier alpha value is -1.74. The third-order valence-electron chi connectivity index (χ3n) is 2.23. The van der Waals surface area contributed by atoms with E-state index in [9.17, 15) is 13.6 Å². The van der Waals surface area contributed by atoms with Crippen LogP contribution < -0.4 is 4.74 Å². The predicted octanol–water partition coefficient (Wildman–Crippen LogP) is 2.54. The summed E-state index contributed by atoms with van der Waals surface area (Å²) < 4.78 is 31.0. The van der Waals surface area contributed by atoms with E-state index in [1.807, 2.05) is 0 Å². The third kappa shape index (κ3) is 2.25. The van der Waals surface area contributed by atoms with Crippen LogP contribution in [0.4, 0.5) is 8.78 Å². The second-order valence-electron chi connectivity index (χ2n) is 3.73. The highest BCUT2D eigenvalue weighted by Crippen LogP contribution is 2.33. The average Bonchev–Trinajstić information content (AvgIpc) is 2.21. The number of benzene rings is 1. The molecule has 1 aromatic carbocycles. The molecular weight excluding hydrogens is 216 g/mol. The van der Waals surface area contributed by atoms with Crippen LogP contribution in [0.2, 0.25) is 0 Å². The highest BCUT2D eigenvalue weighted by atomic mass is 19.2. The van der Waals surface area contributed by atoms with Gasteiger partial charge in [0.1, 0.15) is 5.75 Å². The molecule has 0 aliphatic heterocycles. The van der Waals surface area contributed by atoms with E-state index in [1.165, 1.54) is 13.2 Å². The van der Waals surface area contributed by atoms with E-state index in [4.69, 9.17) is 4.74 Å². The lowest BCUT2D eigenvalue weighted by molar-refractivity contribution is 0.385. The summed E-state index contributed by atoms with van der Waals surface area (Å²) >= 11 is 0. The Morgan fingerprint density at radius 1 is 1.31 bits per heavy atom. The van der Waals surface area contributed by atoms with Crippen molar-refractivity contribution in [2.45, 2.75) is 19.4 Å². The van der Waals surface area contributed by atoms with Gasteiger partial charge >= 0.3 is 0 Å². The smallest absolute Gasteiger partial charge is 0.235 e. The maximum Gasteiger partial charge on any atom is 0.235 e. The number of halogens is 2. The largest absolute Gasteiger partial charge is 0.496 e. The van der Waals surface area contributed by atoms with Gasteiger partial charge in [-0.05, 0) is 19.9 Å². The van der Waals surface area contributed by atoms with Crippen molar-refractivity contribution in [3.05, 3.63) is 29.3 Å². The van der Waals surface area contributed by atoms with E-state index in [1.54, 1.807) is 13.8 Å². The Morgan fingerprint density at radius 2 is 1.88 bits per heavy atom. The fraction of sp³-hybridized carbons (Fsp3) is 0.364. The molecule has 0 atom stereocenters. The molecule has 3 nitrogen and oxygen atoms in total. The first-order valence-corrected chi connectivity index (χ1v) is 4.55. The van der Waals surface area contributed by atoms with Crippen LogP contribution in [0, 0.1) is 11.6 Å². The number of carbonyl (C=O) groups excluding carboxylic acids is 1. The lowest BCUT2D eigenvalue weighted by Crippen LogP contribution is -2.15. The maximum atomic E-state index is 13.1. The Balaban J connectivity index is 3.42. The molecule has 1 aromatic rings. The zero-order valence-electron chi connectivity index (χ0n) is 9.17. The number of hydrogen-bond acceptors (Lipinski definition) is 3. The molecule has 0 N–H and O–H groups in total. The molecule has 0 fully saturated rings. The predicted molar refractivity (Wildman–Crippen MR) is 54.1 cm³/mol. The van der Waals surface area contributed by atoms with Crippen molar-refractivity contribution < 1.29 is 18.3 Å². The van der Waals surface area contributed by atoms with Gasteiger partial charge in [0, 0.05) is 11.6 Å². The molecular formula is C11H11F2NO2. The van der Waals surface area contributed by atoms with Crippen LogP contribution in [-0.2, 0) is 10.3 Å². The zero-order chi connectivity index (χ0) is 12.3. The molecule has 0 heterocycles. The van der Waals surface area contributed by atoms with Crippen LogP contribution in [0.3, 0.4) is 0 Å². The summed E-state index contributed by atoms with van der Waals surface area (Å²) in [6.07, 6.45) is 1.40. The van der Waals surface area contributed by atoms with Crippen molar-refractivity contribution in [1.82, 2.24) is 0 Å². The van der Waals surface area contributed by atoms with E-state index < -0.39 is 17.2 Å². The fourth-order valence-corrected chi connectivity index (χ4v) is 1.35. The topological polar surface area (TPSA) is 38.7 Å². The number of methoxy groups -OCH3 is 1. The maximum absolute atomic E-state index is 13.1. The first kappa shape index (κ1) is 12.3. The quantitative estimate of drug-likeness (QED) is 0.588. The van der Waals surface area contributed by atoms with Gasteiger partial charge in [-0.15, -0.1) is 0 Å². The van der Waals surface area contributed by atoms with Crippen LogP contribution in [0.5, 0.6) is 5.75 Å². The summed E-state index contributed by atoms with van der Waals surface area (Å²) in [6, 6.07) is 1.89. The van der Waals surface area contributed by atoms with Crippen molar-refractivity contribution >= 4 is 6.08 Å². The van der Waals surface area contributed by atoms with E-state index in [0.29, 0.717) is 0 Å². The molecule has 0 saturated carbocycles. The monoisotopic (exact) mass is 227 g/mol. The summed E-state index contributed by atoms with van der Waals surface area (Å²) in [7, 11) is 1.33. The standard InChI is InChI=1S/C11H11F2NO2/c1-11(2,14-6-15)7-4-8(12)9(13)5-10(7)16-3/h4-5H,1-3H3. The van der Waals surface area contributed by atoms with Gasteiger partial charge in [-0.3, -0.25) is 0 Å². The van der Waals surface area contributed by atoms with Crippen LogP contribution in [0.15, 0.2) is 17.1 Å². The second-order valence-corrected chi connectivity index (χ2v) is 3.73. The van der Waals surface area contributed by atoms with E-state index in [-0.39, 0.29) is 11.3 Å². The van der Waals surface area contributed by atoms with Gasteiger partial charge in [0.05, 0.1) is 12.6 Å². The van der Waals surface area contributed by atoms with Crippen molar-refractivity contribution in [1.29, 1.82) is 0 Å². The molecule has 0 bridgehead atoms. The van der Waals surface area contributed by atoms with E-state index >= 15 is 0 Å². The van der Waals surface area contributed by atoms with Gasteiger partial charge in [0.25, 0.3) is 0 Å². The summed E-state index contributed by atoms with van der Waals surface area (Å²) in [5.74, 6) is -1.88. The molecule has 5 heteroatoms. The van der Waals surface area contributed by atoms with Crippen LogP contribution in [0.1, 0.15) is 19.4 Å². The Kier molecular flexibility index (Phi) is 3.40. The normalized spacial score (nSPS) is 10.8. The Labute approximate surface area is 91.8 Å². The highest BCUT2D eigenvalue weighted by molar-refractivity contribution is 5.43. The second kappa shape index (κ2) is 4.41. The van der Waals surface area contributed by atoms with Gasteiger partial charge in [-0.25, -0.2) is 13.6 Å². The first-order chi connectivity index (χ1) is 7.42. The van der Waals surface area contributed by atoms with Crippen molar-refractivity contribution in [2.75, 3.05) is 7.11 Å². The number of ether oxygens (including phenoxy) is 1. The lowest BCUT2D eigenvalue weighted by atomic mass is 9.94. The molecule has 0 unspecified atom stereocenters. The molecule has 0 spiro atoms.